The van der Waals surface area contributed by atoms with Crippen LogP contribution in [-0.2, 0) is 10.0 Å². The highest BCUT2D eigenvalue weighted by Crippen LogP contribution is 2.24. The second-order valence-corrected chi connectivity index (χ2v) is 7.81. The molecule has 0 aliphatic carbocycles. The summed E-state index contributed by atoms with van der Waals surface area (Å²) in [5.41, 5.74) is 0.930. The molecule has 1 fully saturated rings. The topological polar surface area (TPSA) is 90.3 Å². The Morgan fingerprint density at radius 2 is 1.77 bits per heavy atom. The molecule has 0 radical (unpaired) electrons. The third-order valence-corrected chi connectivity index (χ3v) is 6.06. The fourth-order valence-electron chi connectivity index (χ4n) is 2.74. The van der Waals surface area contributed by atoms with E-state index < -0.39 is 26.6 Å². The summed E-state index contributed by atoms with van der Waals surface area (Å²) in [5, 5.41) is 11.4. The van der Waals surface area contributed by atoms with Gasteiger partial charge in [0.05, 0.1) is 11.6 Å². The van der Waals surface area contributed by atoms with Gasteiger partial charge in [0.15, 0.2) is 0 Å². The van der Waals surface area contributed by atoms with E-state index in [1.165, 1.54) is 10.4 Å². The van der Waals surface area contributed by atoms with E-state index in [-0.39, 0.29) is 5.56 Å². The van der Waals surface area contributed by atoms with Gasteiger partial charge in [-0.25, -0.2) is 12.8 Å². The third kappa shape index (κ3) is 3.59. The van der Waals surface area contributed by atoms with E-state index in [4.69, 9.17) is 5.26 Å². The Morgan fingerprint density at radius 1 is 1.12 bits per heavy atom. The van der Waals surface area contributed by atoms with Crippen LogP contribution in [0.4, 0.5) is 10.1 Å². The number of carbonyl (C=O) groups excluding carboxylic acids is 1. The number of carbonyl (C=O) groups is 1. The van der Waals surface area contributed by atoms with Gasteiger partial charge in [0, 0.05) is 24.3 Å². The van der Waals surface area contributed by atoms with Crippen molar-refractivity contribution in [3.63, 3.8) is 0 Å². The molecular weight excluding hydrogens is 357 g/mol. The minimum absolute atomic E-state index is 0.0357. The molecule has 134 valence electrons. The number of hydrogen-bond acceptors (Lipinski definition) is 4. The Hall–Kier alpha value is -2.76. The molecule has 1 heterocycles. The number of rotatable bonds is 4. The van der Waals surface area contributed by atoms with Crippen LogP contribution in [0, 0.1) is 17.1 Å². The summed E-state index contributed by atoms with van der Waals surface area (Å²) >= 11 is 0. The summed E-state index contributed by atoms with van der Waals surface area (Å²) < 4.78 is 40.5. The van der Waals surface area contributed by atoms with Gasteiger partial charge in [-0.15, -0.1) is 0 Å². The van der Waals surface area contributed by atoms with Crippen LogP contribution in [0.2, 0.25) is 0 Å². The highest BCUT2D eigenvalue weighted by Gasteiger charge is 2.30. The second kappa shape index (κ2) is 7.23. The van der Waals surface area contributed by atoms with E-state index in [0.29, 0.717) is 24.3 Å². The van der Waals surface area contributed by atoms with Crippen LogP contribution in [0.15, 0.2) is 47.4 Å². The molecule has 1 N–H and O–H groups in total. The van der Waals surface area contributed by atoms with Crippen molar-refractivity contribution in [2.45, 2.75) is 17.7 Å². The SMILES string of the molecule is N#Cc1ccc(NC(=O)c2ccc(F)c(S(=O)(=O)N3CCCC3)c2)cc1. The zero-order valence-corrected chi connectivity index (χ0v) is 14.6. The molecule has 6 nitrogen and oxygen atoms in total. The summed E-state index contributed by atoms with van der Waals surface area (Å²) in [5.74, 6) is -1.44. The van der Waals surface area contributed by atoms with E-state index in [0.717, 1.165) is 25.0 Å². The van der Waals surface area contributed by atoms with Gasteiger partial charge in [-0.3, -0.25) is 4.79 Å². The van der Waals surface area contributed by atoms with E-state index in [9.17, 15) is 17.6 Å². The van der Waals surface area contributed by atoms with Crippen LogP contribution in [0.1, 0.15) is 28.8 Å². The minimum Gasteiger partial charge on any atom is -0.322 e. The third-order valence-electron chi connectivity index (χ3n) is 4.15. The number of anilines is 1. The number of nitrogens with zero attached hydrogens (tertiary/aromatic N) is 2. The van der Waals surface area contributed by atoms with Crippen molar-refractivity contribution in [1.29, 1.82) is 5.26 Å². The Kier molecular flexibility index (Phi) is 5.02. The zero-order valence-electron chi connectivity index (χ0n) is 13.8. The molecule has 2 aromatic carbocycles. The van der Waals surface area contributed by atoms with Crippen LogP contribution in [0.5, 0.6) is 0 Å². The standard InChI is InChI=1S/C18H16FN3O3S/c19-16-8-5-14(11-17(16)26(24,25)22-9-1-2-10-22)18(23)21-15-6-3-13(12-20)4-7-15/h3-8,11H,1-2,9-10H2,(H,21,23). The molecule has 26 heavy (non-hydrogen) atoms. The van der Waals surface area contributed by atoms with E-state index in [1.807, 2.05) is 6.07 Å². The van der Waals surface area contributed by atoms with E-state index in [1.54, 1.807) is 24.3 Å². The summed E-state index contributed by atoms with van der Waals surface area (Å²) in [4.78, 5) is 11.9. The molecule has 1 aliphatic rings. The van der Waals surface area contributed by atoms with Crippen LogP contribution < -0.4 is 5.32 Å². The Bertz CT molecular complexity index is 976. The number of nitrogens with one attached hydrogen (secondary N) is 1. The van der Waals surface area contributed by atoms with Gasteiger partial charge in [0.2, 0.25) is 10.0 Å². The lowest BCUT2D eigenvalue weighted by Gasteiger charge is -2.16. The molecule has 1 aliphatic heterocycles. The number of amides is 1. The maximum atomic E-state index is 14.1. The van der Waals surface area contributed by atoms with Gasteiger partial charge in [-0.2, -0.15) is 9.57 Å². The molecule has 0 unspecified atom stereocenters. The lowest BCUT2D eigenvalue weighted by atomic mass is 10.2. The van der Waals surface area contributed by atoms with Crippen molar-refractivity contribution in [3.05, 3.63) is 59.4 Å². The van der Waals surface area contributed by atoms with Crippen LogP contribution in [-0.4, -0.2) is 31.7 Å². The van der Waals surface area contributed by atoms with Crippen molar-refractivity contribution < 1.29 is 17.6 Å². The van der Waals surface area contributed by atoms with Gasteiger partial charge in [-0.05, 0) is 55.3 Å². The first-order valence-electron chi connectivity index (χ1n) is 8.03. The highest BCUT2D eigenvalue weighted by atomic mass is 32.2. The fraction of sp³-hybridized carbons (Fsp3) is 0.222. The minimum atomic E-state index is -3.96. The number of benzene rings is 2. The molecule has 8 heteroatoms. The molecule has 0 bridgehead atoms. The molecule has 0 atom stereocenters. The van der Waals surface area contributed by atoms with Crippen molar-refractivity contribution in [3.8, 4) is 6.07 Å². The van der Waals surface area contributed by atoms with Gasteiger partial charge in [0.1, 0.15) is 10.7 Å². The maximum absolute atomic E-state index is 14.1. The van der Waals surface area contributed by atoms with Gasteiger partial charge in [-0.1, -0.05) is 0 Å². The van der Waals surface area contributed by atoms with Gasteiger partial charge >= 0.3 is 0 Å². The van der Waals surface area contributed by atoms with E-state index >= 15 is 0 Å². The lowest BCUT2D eigenvalue weighted by Crippen LogP contribution is -2.29. The molecule has 2 aromatic rings. The Morgan fingerprint density at radius 3 is 2.38 bits per heavy atom. The first kappa shape index (κ1) is 18.0. The monoisotopic (exact) mass is 373 g/mol. The van der Waals surface area contributed by atoms with Crippen LogP contribution in [0.25, 0.3) is 0 Å². The summed E-state index contributed by atoms with van der Waals surface area (Å²) in [6.07, 6.45) is 1.47. The Balaban J connectivity index is 1.86. The van der Waals surface area contributed by atoms with Crippen molar-refractivity contribution in [2.24, 2.45) is 0 Å². The molecular formula is C18H16FN3O3S. The maximum Gasteiger partial charge on any atom is 0.255 e. The predicted molar refractivity (Wildman–Crippen MR) is 93.5 cm³/mol. The summed E-state index contributed by atoms with van der Waals surface area (Å²) in [6, 6.07) is 11.4. The number of nitriles is 1. The Labute approximate surface area is 150 Å². The smallest absolute Gasteiger partial charge is 0.255 e. The van der Waals surface area contributed by atoms with Gasteiger partial charge < -0.3 is 5.32 Å². The molecule has 0 aromatic heterocycles. The van der Waals surface area contributed by atoms with Crippen molar-refractivity contribution in [1.82, 2.24) is 4.31 Å². The van der Waals surface area contributed by atoms with Gasteiger partial charge in [0.25, 0.3) is 5.91 Å². The number of hydrogen-bond donors (Lipinski definition) is 1. The molecule has 0 saturated carbocycles. The predicted octanol–water partition coefficient (Wildman–Crippen LogP) is 2.73. The normalized spacial score (nSPS) is 14.8. The number of sulfonamides is 1. The van der Waals surface area contributed by atoms with Crippen LogP contribution in [0.3, 0.4) is 0 Å². The molecule has 3 rings (SSSR count). The first-order valence-corrected chi connectivity index (χ1v) is 9.47. The molecule has 1 saturated heterocycles. The van der Waals surface area contributed by atoms with Crippen molar-refractivity contribution in [2.75, 3.05) is 18.4 Å². The fourth-order valence-corrected chi connectivity index (χ4v) is 4.35. The zero-order chi connectivity index (χ0) is 18.7. The second-order valence-electron chi connectivity index (χ2n) is 5.90. The van der Waals surface area contributed by atoms with E-state index in [2.05, 4.69) is 5.32 Å². The summed E-state index contributed by atoms with van der Waals surface area (Å²) in [7, 11) is -3.96. The molecule has 0 spiro atoms. The summed E-state index contributed by atoms with van der Waals surface area (Å²) in [6.45, 7) is 0.701. The molecule has 1 amide bonds. The quantitative estimate of drug-likeness (QED) is 0.892. The largest absolute Gasteiger partial charge is 0.322 e. The average molecular weight is 373 g/mol. The van der Waals surface area contributed by atoms with Crippen LogP contribution >= 0.6 is 0 Å². The number of halogens is 1. The lowest BCUT2D eigenvalue weighted by molar-refractivity contribution is 0.102. The van der Waals surface area contributed by atoms with Crippen molar-refractivity contribution >= 4 is 21.6 Å². The highest BCUT2D eigenvalue weighted by molar-refractivity contribution is 7.89. The average Bonchev–Trinajstić information content (AvgIpc) is 3.18. The first-order chi connectivity index (χ1) is 12.4.